The normalized spacial score (nSPS) is 10.6. The van der Waals surface area contributed by atoms with E-state index in [0.29, 0.717) is 17.1 Å². The SMILES string of the molecule is C=CCOc1cc(O)c2c(=O)cc(-c3ccc(OC)c(O)c3)oc2c1. The van der Waals surface area contributed by atoms with Gasteiger partial charge in [0.1, 0.15) is 34.8 Å². The lowest BCUT2D eigenvalue weighted by Crippen LogP contribution is -2.02. The van der Waals surface area contributed by atoms with Gasteiger partial charge < -0.3 is 24.1 Å². The minimum atomic E-state index is -0.403. The largest absolute Gasteiger partial charge is 0.507 e. The highest BCUT2D eigenvalue weighted by Gasteiger charge is 2.14. The van der Waals surface area contributed by atoms with Crippen molar-refractivity contribution >= 4 is 11.0 Å². The van der Waals surface area contributed by atoms with Gasteiger partial charge in [0.2, 0.25) is 0 Å². The van der Waals surface area contributed by atoms with Crippen LogP contribution in [0.2, 0.25) is 0 Å². The number of phenols is 2. The molecule has 2 aromatic carbocycles. The zero-order valence-corrected chi connectivity index (χ0v) is 13.5. The Bertz CT molecular complexity index is 1000. The van der Waals surface area contributed by atoms with E-state index in [-0.39, 0.29) is 34.8 Å². The van der Waals surface area contributed by atoms with Gasteiger partial charge in [-0.3, -0.25) is 4.79 Å². The Morgan fingerprint density at radius 1 is 1.16 bits per heavy atom. The summed E-state index contributed by atoms with van der Waals surface area (Å²) in [5, 5.41) is 20.1. The summed E-state index contributed by atoms with van der Waals surface area (Å²) in [6.45, 7) is 3.81. The Morgan fingerprint density at radius 3 is 2.64 bits per heavy atom. The molecule has 3 rings (SSSR count). The van der Waals surface area contributed by atoms with Crippen LogP contribution < -0.4 is 14.9 Å². The van der Waals surface area contributed by atoms with Gasteiger partial charge in [0, 0.05) is 23.8 Å². The molecule has 128 valence electrons. The first-order valence-corrected chi connectivity index (χ1v) is 7.45. The lowest BCUT2D eigenvalue weighted by molar-refractivity contribution is 0.360. The van der Waals surface area contributed by atoms with Gasteiger partial charge >= 0.3 is 0 Å². The number of benzene rings is 2. The van der Waals surface area contributed by atoms with Gasteiger partial charge in [-0.1, -0.05) is 12.7 Å². The smallest absolute Gasteiger partial charge is 0.197 e. The van der Waals surface area contributed by atoms with Gasteiger partial charge in [-0.05, 0) is 18.2 Å². The fourth-order valence-electron chi connectivity index (χ4n) is 2.47. The van der Waals surface area contributed by atoms with Crippen LogP contribution in [0.4, 0.5) is 0 Å². The molecule has 0 saturated heterocycles. The van der Waals surface area contributed by atoms with E-state index in [1.165, 1.54) is 31.4 Å². The molecule has 0 aliphatic carbocycles. The zero-order valence-electron chi connectivity index (χ0n) is 13.5. The third kappa shape index (κ3) is 3.14. The molecule has 0 bridgehead atoms. The molecule has 0 aliphatic heterocycles. The molecule has 1 aromatic heterocycles. The highest BCUT2D eigenvalue weighted by atomic mass is 16.5. The molecule has 0 fully saturated rings. The van der Waals surface area contributed by atoms with Crippen LogP contribution in [-0.4, -0.2) is 23.9 Å². The molecule has 0 radical (unpaired) electrons. The lowest BCUT2D eigenvalue weighted by Gasteiger charge is -2.09. The number of aromatic hydroxyl groups is 2. The molecule has 0 unspecified atom stereocenters. The summed E-state index contributed by atoms with van der Waals surface area (Å²) in [6.07, 6.45) is 1.56. The summed E-state index contributed by atoms with van der Waals surface area (Å²) in [4.78, 5) is 12.4. The third-order valence-corrected chi connectivity index (χ3v) is 3.61. The minimum Gasteiger partial charge on any atom is -0.507 e. The van der Waals surface area contributed by atoms with Crippen LogP contribution in [0.3, 0.4) is 0 Å². The lowest BCUT2D eigenvalue weighted by atomic mass is 10.1. The second-order valence-electron chi connectivity index (χ2n) is 5.28. The number of hydrogen-bond donors (Lipinski definition) is 2. The number of hydrogen-bond acceptors (Lipinski definition) is 6. The number of fused-ring (bicyclic) bond motifs is 1. The summed E-state index contributed by atoms with van der Waals surface area (Å²) < 4.78 is 16.1. The Balaban J connectivity index is 2.15. The van der Waals surface area contributed by atoms with Gasteiger partial charge in [0.25, 0.3) is 0 Å². The molecular weight excluding hydrogens is 324 g/mol. The Kier molecular flexibility index (Phi) is 4.35. The topological polar surface area (TPSA) is 89.1 Å². The molecule has 0 amide bonds. The van der Waals surface area contributed by atoms with Crippen molar-refractivity contribution < 1.29 is 24.1 Å². The van der Waals surface area contributed by atoms with Crippen molar-refractivity contribution in [2.45, 2.75) is 0 Å². The highest BCUT2D eigenvalue weighted by Crippen LogP contribution is 2.34. The number of methoxy groups -OCH3 is 1. The summed E-state index contributed by atoms with van der Waals surface area (Å²) in [5.41, 5.74) is 0.269. The fourth-order valence-corrected chi connectivity index (χ4v) is 2.47. The molecule has 0 atom stereocenters. The second-order valence-corrected chi connectivity index (χ2v) is 5.28. The van der Waals surface area contributed by atoms with E-state index in [1.54, 1.807) is 18.2 Å². The first-order valence-electron chi connectivity index (χ1n) is 7.45. The van der Waals surface area contributed by atoms with Gasteiger partial charge in [-0.25, -0.2) is 0 Å². The van der Waals surface area contributed by atoms with Crippen molar-refractivity contribution in [2.75, 3.05) is 13.7 Å². The fraction of sp³-hybridized carbons (Fsp3) is 0.105. The van der Waals surface area contributed by atoms with E-state index in [4.69, 9.17) is 13.9 Å². The van der Waals surface area contributed by atoms with Gasteiger partial charge in [-0.2, -0.15) is 0 Å². The van der Waals surface area contributed by atoms with Crippen molar-refractivity contribution in [1.82, 2.24) is 0 Å². The molecule has 6 nitrogen and oxygen atoms in total. The Labute approximate surface area is 143 Å². The molecular formula is C19H16O6. The summed E-state index contributed by atoms with van der Waals surface area (Å²) in [5.74, 6) is 0.603. The van der Waals surface area contributed by atoms with E-state index >= 15 is 0 Å². The first kappa shape index (κ1) is 16.4. The van der Waals surface area contributed by atoms with Crippen LogP contribution >= 0.6 is 0 Å². The van der Waals surface area contributed by atoms with Crippen LogP contribution in [0.1, 0.15) is 0 Å². The zero-order chi connectivity index (χ0) is 18.0. The monoisotopic (exact) mass is 340 g/mol. The van der Waals surface area contributed by atoms with Crippen molar-refractivity contribution in [3.8, 4) is 34.3 Å². The molecule has 6 heteroatoms. The number of ether oxygens (including phenoxy) is 2. The molecule has 0 saturated carbocycles. The average molecular weight is 340 g/mol. The van der Waals surface area contributed by atoms with E-state index < -0.39 is 5.43 Å². The van der Waals surface area contributed by atoms with E-state index in [1.807, 2.05) is 0 Å². The average Bonchev–Trinajstić information content (AvgIpc) is 2.59. The highest BCUT2D eigenvalue weighted by molar-refractivity contribution is 5.86. The van der Waals surface area contributed by atoms with Crippen LogP contribution in [0.5, 0.6) is 23.0 Å². The van der Waals surface area contributed by atoms with Gasteiger partial charge in [0.15, 0.2) is 16.9 Å². The van der Waals surface area contributed by atoms with Crippen LogP contribution in [0.25, 0.3) is 22.3 Å². The van der Waals surface area contributed by atoms with Crippen LogP contribution in [0, 0.1) is 0 Å². The predicted octanol–water partition coefficient (Wildman–Crippen LogP) is 3.44. The molecule has 25 heavy (non-hydrogen) atoms. The van der Waals surface area contributed by atoms with E-state index in [9.17, 15) is 15.0 Å². The van der Waals surface area contributed by atoms with E-state index in [2.05, 4.69) is 6.58 Å². The Morgan fingerprint density at radius 2 is 1.96 bits per heavy atom. The van der Waals surface area contributed by atoms with Gasteiger partial charge in [0.05, 0.1) is 7.11 Å². The van der Waals surface area contributed by atoms with E-state index in [0.717, 1.165) is 0 Å². The summed E-state index contributed by atoms with van der Waals surface area (Å²) in [7, 11) is 1.44. The van der Waals surface area contributed by atoms with Crippen molar-refractivity contribution in [1.29, 1.82) is 0 Å². The van der Waals surface area contributed by atoms with Gasteiger partial charge in [-0.15, -0.1) is 0 Å². The molecule has 0 spiro atoms. The number of phenolic OH excluding ortho intramolecular Hbond substituents is 2. The molecule has 3 aromatic rings. The predicted molar refractivity (Wildman–Crippen MR) is 93.5 cm³/mol. The second kappa shape index (κ2) is 6.60. The molecule has 2 N–H and O–H groups in total. The standard InChI is InChI=1S/C19H16O6/c1-3-6-24-12-8-14(21)19-15(22)10-17(25-18(19)9-12)11-4-5-16(23-2)13(20)7-11/h3-5,7-10,20-21H,1,6H2,2H3. The quantitative estimate of drug-likeness (QED) is 0.692. The third-order valence-electron chi connectivity index (χ3n) is 3.61. The maximum Gasteiger partial charge on any atom is 0.197 e. The van der Waals surface area contributed by atoms with Crippen molar-refractivity contribution in [3.63, 3.8) is 0 Å². The van der Waals surface area contributed by atoms with Crippen LogP contribution in [0.15, 0.2) is 58.3 Å². The molecule has 1 heterocycles. The Hall–Kier alpha value is -3.41. The summed E-state index contributed by atoms with van der Waals surface area (Å²) in [6, 6.07) is 8.78. The minimum absolute atomic E-state index is 0.0624. The molecule has 0 aliphatic rings. The number of rotatable bonds is 5. The maximum atomic E-state index is 12.4. The maximum absolute atomic E-state index is 12.4. The van der Waals surface area contributed by atoms with Crippen LogP contribution in [-0.2, 0) is 0 Å². The first-order chi connectivity index (χ1) is 12.0. The van der Waals surface area contributed by atoms with Crippen molar-refractivity contribution in [3.05, 3.63) is 59.3 Å². The summed E-state index contributed by atoms with van der Waals surface area (Å²) >= 11 is 0. The van der Waals surface area contributed by atoms with Crippen molar-refractivity contribution in [2.24, 2.45) is 0 Å².